The first-order chi connectivity index (χ1) is 9.54. The largest absolute Gasteiger partial charge is 0.504 e. The third kappa shape index (κ3) is 2.86. The Morgan fingerprint density at radius 1 is 1.20 bits per heavy atom. The summed E-state index contributed by atoms with van der Waals surface area (Å²) in [4.78, 5) is 13.8. The molecular formula is C14H19NO5. The van der Waals surface area contributed by atoms with E-state index in [1.54, 1.807) is 6.92 Å². The van der Waals surface area contributed by atoms with Gasteiger partial charge in [0.05, 0.1) is 18.8 Å². The van der Waals surface area contributed by atoms with Crippen LogP contribution in [0.1, 0.15) is 29.3 Å². The van der Waals surface area contributed by atoms with Gasteiger partial charge in [-0.05, 0) is 6.07 Å². The standard InChI is InChI=1S/C14H19NO5/c1-2-11(16)10-7-9(12(17)14(19)13(10)18)8-15-3-5-20-6-4-15/h7,17-19H,2-6,8H2,1H3. The number of aromatic hydroxyl groups is 3. The van der Waals surface area contributed by atoms with E-state index in [0.717, 1.165) is 13.1 Å². The predicted octanol–water partition coefficient (Wildman–Crippen LogP) is 1.23. The normalized spacial score (nSPS) is 16.2. The van der Waals surface area contributed by atoms with Crippen LogP contribution >= 0.6 is 0 Å². The molecule has 0 spiro atoms. The number of benzene rings is 1. The second kappa shape index (κ2) is 6.11. The zero-order valence-electron chi connectivity index (χ0n) is 11.4. The fraction of sp³-hybridized carbons (Fsp3) is 0.500. The van der Waals surface area contributed by atoms with Crippen LogP contribution in [0.5, 0.6) is 17.2 Å². The molecule has 1 saturated heterocycles. The molecule has 0 amide bonds. The summed E-state index contributed by atoms with van der Waals surface area (Å²) in [6, 6.07) is 1.45. The Balaban J connectivity index is 2.31. The minimum atomic E-state index is -0.632. The molecule has 1 aliphatic heterocycles. The van der Waals surface area contributed by atoms with Gasteiger partial charge < -0.3 is 20.1 Å². The van der Waals surface area contributed by atoms with Gasteiger partial charge in [-0.3, -0.25) is 9.69 Å². The van der Waals surface area contributed by atoms with E-state index < -0.39 is 11.5 Å². The highest BCUT2D eigenvalue weighted by molar-refractivity contribution is 5.99. The van der Waals surface area contributed by atoms with Crippen LogP contribution in [0.4, 0.5) is 0 Å². The van der Waals surface area contributed by atoms with Crippen molar-refractivity contribution in [1.82, 2.24) is 4.90 Å². The first-order valence-corrected chi connectivity index (χ1v) is 6.64. The molecule has 1 fully saturated rings. The summed E-state index contributed by atoms with van der Waals surface area (Å²) in [5.41, 5.74) is 0.477. The first kappa shape index (κ1) is 14.6. The lowest BCUT2D eigenvalue weighted by Gasteiger charge is -2.27. The van der Waals surface area contributed by atoms with E-state index in [1.165, 1.54) is 6.07 Å². The molecule has 1 aromatic rings. The number of hydrogen-bond acceptors (Lipinski definition) is 6. The molecule has 1 aliphatic rings. The highest BCUT2D eigenvalue weighted by Crippen LogP contribution is 2.41. The molecule has 3 N–H and O–H groups in total. The van der Waals surface area contributed by atoms with E-state index in [1.807, 2.05) is 0 Å². The summed E-state index contributed by atoms with van der Waals surface area (Å²) in [6.07, 6.45) is 0.217. The van der Waals surface area contributed by atoms with Crippen LogP contribution in [-0.2, 0) is 11.3 Å². The number of nitrogens with zero attached hydrogens (tertiary/aromatic N) is 1. The summed E-state index contributed by atoms with van der Waals surface area (Å²) in [5, 5.41) is 29.4. The molecule has 110 valence electrons. The number of carbonyl (C=O) groups is 1. The number of rotatable bonds is 4. The van der Waals surface area contributed by atoms with E-state index in [2.05, 4.69) is 4.90 Å². The Bertz CT molecular complexity index is 509. The van der Waals surface area contributed by atoms with Crippen molar-refractivity contribution in [3.63, 3.8) is 0 Å². The van der Waals surface area contributed by atoms with Crippen molar-refractivity contribution in [2.45, 2.75) is 19.9 Å². The minimum absolute atomic E-state index is 0.0473. The number of hydrogen-bond donors (Lipinski definition) is 3. The highest BCUT2D eigenvalue weighted by atomic mass is 16.5. The molecule has 6 nitrogen and oxygen atoms in total. The highest BCUT2D eigenvalue weighted by Gasteiger charge is 2.22. The Hall–Kier alpha value is -1.79. The van der Waals surface area contributed by atoms with Crippen molar-refractivity contribution in [1.29, 1.82) is 0 Å². The van der Waals surface area contributed by atoms with Gasteiger partial charge in [-0.25, -0.2) is 0 Å². The molecule has 0 aliphatic carbocycles. The zero-order valence-corrected chi connectivity index (χ0v) is 11.4. The van der Waals surface area contributed by atoms with E-state index in [9.17, 15) is 20.1 Å². The molecule has 1 aromatic carbocycles. The van der Waals surface area contributed by atoms with E-state index >= 15 is 0 Å². The van der Waals surface area contributed by atoms with Crippen molar-refractivity contribution in [3.8, 4) is 17.2 Å². The van der Waals surface area contributed by atoms with E-state index in [-0.39, 0.29) is 23.5 Å². The third-order valence-corrected chi connectivity index (χ3v) is 3.45. The summed E-state index contributed by atoms with van der Waals surface area (Å²) in [7, 11) is 0. The summed E-state index contributed by atoms with van der Waals surface area (Å²) in [5.74, 6) is -1.84. The molecule has 20 heavy (non-hydrogen) atoms. The average molecular weight is 281 g/mol. The fourth-order valence-electron chi connectivity index (χ4n) is 2.23. The first-order valence-electron chi connectivity index (χ1n) is 6.64. The smallest absolute Gasteiger partial charge is 0.201 e. The maximum atomic E-state index is 11.8. The number of phenolic OH excluding ortho intramolecular Hbond substituents is 3. The van der Waals surface area contributed by atoms with Gasteiger partial charge in [0, 0.05) is 31.6 Å². The van der Waals surface area contributed by atoms with Gasteiger partial charge in [0.1, 0.15) is 0 Å². The molecular weight excluding hydrogens is 262 g/mol. The van der Waals surface area contributed by atoms with Crippen molar-refractivity contribution in [3.05, 3.63) is 17.2 Å². The molecule has 0 radical (unpaired) electrons. The van der Waals surface area contributed by atoms with Crippen molar-refractivity contribution in [2.24, 2.45) is 0 Å². The van der Waals surface area contributed by atoms with Crippen LogP contribution in [-0.4, -0.2) is 52.3 Å². The lowest BCUT2D eigenvalue weighted by Crippen LogP contribution is -2.35. The molecule has 0 unspecified atom stereocenters. The van der Waals surface area contributed by atoms with Gasteiger partial charge in [0.25, 0.3) is 0 Å². The zero-order chi connectivity index (χ0) is 14.7. The monoisotopic (exact) mass is 281 g/mol. The summed E-state index contributed by atoms with van der Waals surface area (Å²) < 4.78 is 5.24. The number of Topliss-reactive ketones (excluding diaryl/α,β-unsaturated/α-hetero) is 1. The number of ether oxygens (including phenoxy) is 1. The Morgan fingerprint density at radius 2 is 1.85 bits per heavy atom. The summed E-state index contributed by atoms with van der Waals surface area (Å²) in [6.45, 7) is 4.74. The van der Waals surface area contributed by atoms with Crippen molar-refractivity contribution >= 4 is 5.78 Å². The second-order valence-corrected chi connectivity index (χ2v) is 4.79. The van der Waals surface area contributed by atoms with E-state index in [4.69, 9.17) is 4.74 Å². The molecule has 0 saturated carbocycles. The lowest BCUT2D eigenvalue weighted by molar-refractivity contribution is 0.0338. The molecule has 2 rings (SSSR count). The van der Waals surface area contributed by atoms with Crippen LogP contribution in [0.15, 0.2) is 6.07 Å². The molecule has 0 atom stereocenters. The maximum absolute atomic E-state index is 11.8. The lowest BCUT2D eigenvalue weighted by atomic mass is 10.0. The van der Waals surface area contributed by atoms with Gasteiger partial charge in [-0.2, -0.15) is 0 Å². The van der Waals surface area contributed by atoms with Gasteiger partial charge in [0.15, 0.2) is 17.3 Å². The van der Waals surface area contributed by atoms with Crippen LogP contribution in [0, 0.1) is 0 Å². The number of ketones is 1. The van der Waals surface area contributed by atoms with Gasteiger partial charge in [-0.15, -0.1) is 0 Å². The molecule has 6 heteroatoms. The van der Waals surface area contributed by atoms with Gasteiger partial charge in [0.2, 0.25) is 5.75 Å². The molecule has 0 bridgehead atoms. The van der Waals surface area contributed by atoms with Gasteiger partial charge in [-0.1, -0.05) is 6.92 Å². The Morgan fingerprint density at radius 3 is 2.45 bits per heavy atom. The summed E-state index contributed by atoms with van der Waals surface area (Å²) >= 11 is 0. The Kier molecular flexibility index (Phi) is 4.46. The minimum Gasteiger partial charge on any atom is -0.504 e. The quantitative estimate of drug-likeness (QED) is 0.568. The van der Waals surface area contributed by atoms with Crippen LogP contribution in [0.2, 0.25) is 0 Å². The number of morpholine rings is 1. The van der Waals surface area contributed by atoms with Gasteiger partial charge >= 0.3 is 0 Å². The predicted molar refractivity (Wildman–Crippen MR) is 72.2 cm³/mol. The van der Waals surface area contributed by atoms with Crippen LogP contribution in [0.25, 0.3) is 0 Å². The van der Waals surface area contributed by atoms with Crippen molar-refractivity contribution < 1.29 is 24.9 Å². The SMILES string of the molecule is CCC(=O)c1cc(CN2CCOCC2)c(O)c(O)c1O. The second-order valence-electron chi connectivity index (χ2n) is 4.79. The van der Waals surface area contributed by atoms with E-state index in [0.29, 0.717) is 25.3 Å². The molecule has 1 heterocycles. The van der Waals surface area contributed by atoms with Crippen LogP contribution < -0.4 is 0 Å². The third-order valence-electron chi connectivity index (χ3n) is 3.45. The van der Waals surface area contributed by atoms with Crippen LogP contribution in [0.3, 0.4) is 0 Å². The fourth-order valence-corrected chi connectivity index (χ4v) is 2.23. The average Bonchev–Trinajstić information content (AvgIpc) is 2.48. The Labute approximate surface area is 117 Å². The molecule has 0 aromatic heterocycles. The maximum Gasteiger partial charge on any atom is 0.201 e. The van der Waals surface area contributed by atoms with Crippen molar-refractivity contribution in [2.75, 3.05) is 26.3 Å². The topological polar surface area (TPSA) is 90.2 Å². The number of phenols is 3. The number of carbonyl (C=O) groups excluding carboxylic acids is 1.